The minimum absolute atomic E-state index is 0.0142. The van der Waals surface area contributed by atoms with E-state index in [2.05, 4.69) is 24.7 Å². The van der Waals surface area contributed by atoms with Crippen LogP contribution in [0.25, 0.3) is 0 Å². The normalized spacial score (nSPS) is 11.5. The van der Waals surface area contributed by atoms with Crippen molar-refractivity contribution in [3.63, 3.8) is 0 Å². The van der Waals surface area contributed by atoms with Gasteiger partial charge in [0, 0.05) is 25.5 Å². The van der Waals surface area contributed by atoms with E-state index in [-0.39, 0.29) is 11.3 Å². The smallest absolute Gasteiger partial charge is 0.233 e. The first kappa shape index (κ1) is 15.3. The lowest BCUT2D eigenvalue weighted by Gasteiger charge is -2.23. The van der Waals surface area contributed by atoms with E-state index in [1.54, 1.807) is 14.0 Å². The monoisotopic (exact) mass is 232 g/mol. The number of ether oxygens (including phenoxy) is 2. The van der Waals surface area contributed by atoms with E-state index in [0.29, 0.717) is 32.8 Å². The van der Waals surface area contributed by atoms with Gasteiger partial charge in [-0.3, -0.25) is 10.2 Å². The molecule has 96 valence electrons. The van der Waals surface area contributed by atoms with Gasteiger partial charge in [0.05, 0.1) is 19.8 Å². The molecule has 0 saturated carbocycles. The average Bonchev–Trinajstić information content (AvgIpc) is 2.22. The van der Waals surface area contributed by atoms with Crippen molar-refractivity contribution in [2.24, 2.45) is 5.41 Å². The number of methoxy groups -OCH3 is 1. The fraction of sp³-hybridized carbons (Fsp3) is 0.909. The number of carbonyl (C=O) groups excluding carboxylic acids is 1. The molecule has 5 nitrogen and oxygen atoms in total. The maximum atomic E-state index is 10.9. The number of carbonyl (C=O) groups is 1. The van der Waals surface area contributed by atoms with Gasteiger partial charge in [-0.2, -0.15) is 0 Å². The fourth-order valence-corrected chi connectivity index (χ4v) is 1.15. The molecule has 0 saturated heterocycles. The maximum absolute atomic E-state index is 10.9. The maximum Gasteiger partial charge on any atom is 0.233 e. The summed E-state index contributed by atoms with van der Waals surface area (Å²) in [6, 6.07) is 0. The molecule has 0 unspecified atom stereocenters. The van der Waals surface area contributed by atoms with Gasteiger partial charge in [0.2, 0.25) is 5.91 Å². The van der Waals surface area contributed by atoms with Crippen LogP contribution >= 0.6 is 0 Å². The highest BCUT2D eigenvalue weighted by Gasteiger charge is 2.17. The van der Waals surface area contributed by atoms with Crippen molar-refractivity contribution in [2.75, 3.05) is 33.5 Å². The molecule has 0 fully saturated rings. The van der Waals surface area contributed by atoms with Crippen molar-refractivity contribution in [1.29, 1.82) is 0 Å². The Kier molecular flexibility index (Phi) is 8.15. The van der Waals surface area contributed by atoms with Crippen LogP contribution < -0.4 is 10.9 Å². The molecular weight excluding hydrogens is 208 g/mol. The molecule has 0 aliphatic carbocycles. The SMILES string of the molecule is CCC(=O)NNCCOCC(C)(C)COC. The molecule has 0 aromatic heterocycles. The molecule has 5 heteroatoms. The average molecular weight is 232 g/mol. The summed E-state index contributed by atoms with van der Waals surface area (Å²) in [7, 11) is 1.68. The Morgan fingerprint density at radius 1 is 1.31 bits per heavy atom. The number of rotatable bonds is 9. The molecule has 0 atom stereocenters. The zero-order valence-electron chi connectivity index (χ0n) is 10.8. The number of hydrogen-bond donors (Lipinski definition) is 2. The van der Waals surface area contributed by atoms with Crippen LogP contribution in [-0.4, -0.2) is 39.4 Å². The van der Waals surface area contributed by atoms with Crippen molar-refractivity contribution in [3.05, 3.63) is 0 Å². The number of hydrazine groups is 1. The van der Waals surface area contributed by atoms with Gasteiger partial charge in [0.15, 0.2) is 0 Å². The van der Waals surface area contributed by atoms with Crippen LogP contribution in [0.3, 0.4) is 0 Å². The standard InChI is InChI=1S/C11H24N2O3/c1-5-10(14)13-12-6-7-16-9-11(2,3)8-15-4/h12H,5-9H2,1-4H3,(H,13,14). The van der Waals surface area contributed by atoms with Crippen molar-refractivity contribution in [2.45, 2.75) is 27.2 Å². The summed E-state index contributed by atoms with van der Waals surface area (Å²) in [4.78, 5) is 10.9. The van der Waals surface area contributed by atoms with Crippen molar-refractivity contribution in [1.82, 2.24) is 10.9 Å². The Morgan fingerprint density at radius 2 is 2.00 bits per heavy atom. The second-order valence-electron chi connectivity index (χ2n) is 4.48. The lowest BCUT2D eigenvalue weighted by atomic mass is 9.96. The Balaban J connectivity index is 3.36. The fourth-order valence-electron chi connectivity index (χ4n) is 1.15. The van der Waals surface area contributed by atoms with E-state index in [4.69, 9.17) is 9.47 Å². The van der Waals surface area contributed by atoms with E-state index >= 15 is 0 Å². The molecule has 0 aliphatic heterocycles. The summed E-state index contributed by atoms with van der Waals surface area (Å²) in [5.41, 5.74) is 5.39. The topological polar surface area (TPSA) is 59.6 Å². The van der Waals surface area contributed by atoms with Crippen LogP contribution in [0.5, 0.6) is 0 Å². The summed E-state index contributed by atoms with van der Waals surface area (Å²) in [6.07, 6.45) is 0.481. The molecule has 0 spiro atoms. The Hall–Kier alpha value is -0.650. The predicted molar refractivity (Wildman–Crippen MR) is 62.9 cm³/mol. The van der Waals surface area contributed by atoms with Gasteiger partial charge in [-0.25, -0.2) is 5.43 Å². The van der Waals surface area contributed by atoms with E-state index in [1.165, 1.54) is 0 Å². The van der Waals surface area contributed by atoms with Gasteiger partial charge in [-0.1, -0.05) is 20.8 Å². The van der Waals surface area contributed by atoms with Gasteiger partial charge in [0.25, 0.3) is 0 Å². The molecule has 2 N–H and O–H groups in total. The molecule has 1 amide bonds. The lowest BCUT2D eigenvalue weighted by Crippen LogP contribution is -2.39. The highest BCUT2D eigenvalue weighted by Crippen LogP contribution is 2.14. The first-order valence-electron chi connectivity index (χ1n) is 5.60. The first-order chi connectivity index (χ1) is 7.52. The van der Waals surface area contributed by atoms with E-state index in [1.807, 2.05) is 0 Å². The molecule has 0 rings (SSSR count). The molecule has 0 aliphatic rings. The van der Waals surface area contributed by atoms with Crippen LogP contribution in [0.2, 0.25) is 0 Å². The van der Waals surface area contributed by atoms with Gasteiger partial charge < -0.3 is 9.47 Å². The second-order valence-corrected chi connectivity index (χ2v) is 4.48. The third-order valence-electron chi connectivity index (χ3n) is 1.95. The van der Waals surface area contributed by atoms with Crippen LogP contribution in [0.1, 0.15) is 27.2 Å². The van der Waals surface area contributed by atoms with Crippen LogP contribution in [0.15, 0.2) is 0 Å². The molecule has 0 radical (unpaired) electrons. The van der Waals surface area contributed by atoms with Crippen LogP contribution in [0, 0.1) is 5.41 Å². The lowest BCUT2D eigenvalue weighted by molar-refractivity contribution is -0.121. The summed E-state index contributed by atoms with van der Waals surface area (Å²) in [5, 5.41) is 0. The third-order valence-corrected chi connectivity index (χ3v) is 1.95. The quantitative estimate of drug-likeness (QED) is 0.454. The number of hydrogen-bond acceptors (Lipinski definition) is 4. The zero-order chi connectivity index (χ0) is 12.4. The summed E-state index contributed by atoms with van der Waals surface area (Å²) >= 11 is 0. The zero-order valence-corrected chi connectivity index (χ0v) is 10.8. The second kappa shape index (κ2) is 8.50. The van der Waals surface area contributed by atoms with Gasteiger partial charge in [0.1, 0.15) is 0 Å². The van der Waals surface area contributed by atoms with Gasteiger partial charge in [-0.15, -0.1) is 0 Å². The highest BCUT2D eigenvalue weighted by atomic mass is 16.5. The summed E-state index contributed by atoms with van der Waals surface area (Å²) in [5.74, 6) is -0.0142. The van der Waals surface area contributed by atoms with Gasteiger partial charge >= 0.3 is 0 Å². The molecular formula is C11H24N2O3. The van der Waals surface area contributed by atoms with Crippen molar-refractivity contribution < 1.29 is 14.3 Å². The molecule has 0 aromatic rings. The highest BCUT2D eigenvalue weighted by molar-refractivity contribution is 5.74. The van der Waals surface area contributed by atoms with E-state index in [9.17, 15) is 4.79 Å². The minimum atomic E-state index is -0.0142. The van der Waals surface area contributed by atoms with Crippen LogP contribution in [-0.2, 0) is 14.3 Å². The molecule has 0 aromatic carbocycles. The molecule has 0 bridgehead atoms. The van der Waals surface area contributed by atoms with E-state index in [0.717, 1.165) is 0 Å². The van der Waals surface area contributed by atoms with E-state index < -0.39 is 0 Å². The largest absolute Gasteiger partial charge is 0.384 e. The Bertz CT molecular complexity index is 196. The Morgan fingerprint density at radius 3 is 2.56 bits per heavy atom. The Labute approximate surface area is 97.8 Å². The minimum Gasteiger partial charge on any atom is -0.384 e. The van der Waals surface area contributed by atoms with Crippen molar-refractivity contribution in [3.8, 4) is 0 Å². The van der Waals surface area contributed by atoms with Crippen molar-refractivity contribution >= 4 is 5.91 Å². The van der Waals surface area contributed by atoms with Crippen LogP contribution in [0.4, 0.5) is 0 Å². The third kappa shape index (κ3) is 8.64. The summed E-state index contributed by atoms with van der Waals surface area (Å²) in [6.45, 7) is 8.47. The molecule has 0 heterocycles. The predicted octanol–water partition coefficient (Wildman–Crippen LogP) is 0.706. The number of nitrogens with one attached hydrogen (secondary N) is 2. The number of amides is 1. The first-order valence-corrected chi connectivity index (χ1v) is 5.60. The van der Waals surface area contributed by atoms with Gasteiger partial charge in [-0.05, 0) is 0 Å². The summed E-state index contributed by atoms with van der Waals surface area (Å²) < 4.78 is 10.6. The molecule has 16 heavy (non-hydrogen) atoms.